The van der Waals surface area contributed by atoms with Crippen LogP contribution in [-0.2, 0) is 17.6 Å². The lowest BCUT2D eigenvalue weighted by Gasteiger charge is -2.10. The molecule has 1 heterocycles. The van der Waals surface area contributed by atoms with Crippen LogP contribution < -0.4 is 5.32 Å². The predicted molar refractivity (Wildman–Crippen MR) is 77.1 cm³/mol. The van der Waals surface area contributed by atoms with Gasteiger partial charge >= 0.3 is 5.97 Å². The lowest BCUT2D eigenvalue weighted by molar-refractivity contribution is -0.134. The summed E-state index contributed by atoms with van der Waals surface area (Å²) < 4.78 is 0. The molecule has 20 heavy (non-hydrogen) atoms. The minimum Gasteiger partial charge on any atom is -0.480 e. The Labute approximate surface area is 117 Å². The number of anilines is 1. The Balaban J connectivity index is 2.42. The molecule has 1 aliphatic carbocycles. The summed E-state index contributed by atoms with van der Waals surface area (Å²) in [4.78, 5) is 23.6. The van der Waals surface area contributed by atoms with Gasteiger partial charge in [0.15, 0.2) is 5.82 Å². The number of aliphatic carboxylic acids is 1. The number of allylic oxidation sites excluding steroid dienone is 1. The summed E-state index contributed by atoms with van der Waals surface area (Å²) in [5, 5.41) is 11.6. The van der Waals surface area contributed by atoms with Crippen LogP contribution in [0.15, 0.2) is 30.4 Å². The van der Waals surface area contributed by atoms with Crippen molar-refractivity contribution in [1.29, 1.82) is 0 Å². The van der Waals surface area contributed by atoms with Crippen LogP contribution in [0, 0.1) is 0 Å². The van der Waals surface area contributed by atoms with E-state index in [0.29, 0.717) is 17.4 Å². The van der Waals surface area contributed by atoms with Gasteiger partial charge in [0.2, 0.25) is 0 Å². The molecule has 1 aromatic heterocycles. The summed E-state index contributed by atoms with van der Waals surface area (Å²) in [7, 11) is 0. The van der Waals surface area contributed by atoms with E-state index in [2.05, 4.69) is 33.4 Å². The Morgan fingerprint density at radius 3 is 2.85 bits per heavy atom. The molecule has 6 heteroatoms. The van der Waals surface area contributed by atoms with Crippen LogP contribution in [0.2, 0.25) is 0 Å². The minimum absolute atomic E-state index is 0.176. The summed E-state index contributed by atoms with van der Waals surface area (Å²) in [5.74, 6) is 0.0811. The number of aryl methyl sites for hydroxylation is 1. The molecule has 0 spiro atoms. The number of carboxylic acid groups (broad SMARTS) is 1. The maximum Gasteiger partial charge on any atom is 0.322 e. The molecule has 6 nitrogen and oxygen atoms in total. The second-order valence-corrected chi connectivity index (χ2v) is 4.32. The highest BCUT2D eigenvalue weighted by Crippen LogP contribution is 2.26. The highest BCUT2D eigenvalue weighted by atomic mass is 16.4. The molecule has 0 saturated heterocycles. The van der Waals surface area contributed by atoms with Gasteiger partial charge in [-0.25, -0.2) is 9.97 Å². The lowest BCUT2D eigenvalue weighted by atomic mass is 10.2. The van der Waals surface area contributed by atoms with Crippen molar-refractivity contribution in [3.05, 3.63) is 42.5 Å². The van der Waals surface area contributed by atoms with Crippen LogP contribution in [0.4, 0.5) is 5.82 Å². The molecule has 1 aromatic rings. The molecule has 0 saturated carbocycles. The second kappa shape index (κ2) is 6.10. The highest BCUT2D eigenvalue weighted by Gasteiger charge is 2.20. The van der Waals surface area contributed by atoms with E-state index in [0.717, 1.165) is 30.5 Å². The first kappa shape index (κ1) is 13.9. The number of carboxylic acids is 1. The molecule has 1 aliphatic rings. The van der Waals surface area contributed by atoms with Gasteiger partial charge in [-0.2, -0.15) is 0 Å². The molecule has 0 fully saturated rings. The SMILES string of the molecule is C=CN=C(C=C)c1nc2c(c(NCC(=O)O)n1)CCC2. The predicted octanol–water partition coefficient (Wildman–Crippen LogP) is 1.58. The topological polar surface area (TPSA) is 87.5 Å². The Kier molecular flexibility index (Phi) is 4.24. The van der Waals surface area contributed by atoms with Gasteiger partial charge in [0.1, 0.15) is 18.1 Å². The minimum atomic E-state index is -0.930. The third kappa shape index (κ3) is 2.90. The number of hydrogen-bond acceptors (Lipinski definition) is 5. The van der Waals surface area contributed by atoms with E-state index >= 15 is 0 Å². The summed E-state index contributed by atoms with van der Waals surface area (Å²) in [6.45, 7) is 7.05. The van der Waals surface area contributed by atoms with Gasteiger partial charge in [0.05, 0.1) is 0 Å². The summed E-state index contributed by atoms with van der Waals surface area (Å²) >= 11 is 0. The van der Waals surface area contributed by atoms with Crippen molar-refractivity contribution >= 4 is 17.5 Å². The van der Waals surface area contributed by atoms with E-state index < -0.39 is 5.97 Å². The first-order valence-corrected chi connectivity index (χ1v) is 6.32. The van der Waals surface area contributed by atoms with Crippen molar-refractivity contribution < 1.29 is 9.90 Å². The molecule has 0 aromatic carbocycles. The second-order valence-electron chi connectivity index (χ2n) is 4.32. The Morgan fingerprint density at radius 2 is 2.20 bits per heavy atom. The first-order valence-electron chi connectivity index (χ1n) is 6.32. The average Bonchev–Trinajstić information content (AvgIpc) is 2.90. The van der Waals surface area contributed by atoms with Crippen molar-refractivity contribution in [2.75, 3.05) is 11.9 Å². The molecule has 0 bridgehead atoms. The smallest absolute Gasteiger partial charge is 0.322 e. The zero-order valence-corrected chi connectivity index (χ0v) is 11.1. The van der Waals surface area contributed by atoms with Crippen molar-refractivity contribution in [2.45, 2.75) is 19.3 Å². The van der Waals surface area contributed by atoms with Gasteiger partial charge < -0.3 is 10.4 Å². The van der Waals surface area contributed by atoms with Gasteiger partial charge in [-0.05, 0) is 25.3 Å². The molecule has 0 amide bonds. The first-order chi connectivity index (χ1) is 9.65. The fraction of sp³-hybridized carbons (Fsp3) is 0.286. The monoisotopic (exact) mass is 272 g/mol. The van der Waals surface area contributed by atoms with E-state index in [1.807, 2.05) is 0 Å². The van der Waals surface area contributed by atoms with Gasteiger partial charge in [-0.1, -0.05) is 13.2 Å². The fourth-order valence-corrected chi connectivity index (χ4v) is 2.15. The quantitative estimate of drug-likeness (QED) is 0.768. The maximum atomic E-state index is 10.7. The van der Waals surface area contributed by atoms with E-state index in [9.17, 15) is 4.79 Å². The summed E-state index contributed by atoms with van der Waals surface area (Å²) in [6, 6.07) is 0. The van der Waals surface area contributed by atoms with Crippen LogP contribution in [0.5, 0.6) is 0 Å². The summed E-state index contributed by atoms with van der Waals surface area (Å²) in [6.07, 6.45) is 5.68. The van der Waals surface area contributed by atoms with Crippen LogP contribution in [0.1, 0.15) is 23.5 Å². The van der Waals surface area contributed by atoms with Crippen molar-refractivity contribution in [3.63, 3.8) is 0 Å². The van der Waals surface area contributed by atoms with Gasteiger partial charge in [-0.3, -0.25) is 9.79 Å². The zero-order chi connectivity index (χ0) is 14.5. The van der Waals surface area contributed by atoms with E-state index in [1.165, 1.54) is 6.20 Å². The normalized spacial score (nSPS) is 13.7. The maximum absolute atomic E-state index is 10.7. The Morgan fingerprint density at radius 1 is 1.40 bits per heavy atom. The lowest BCUT2D eigenvalue weighted by Crippen LogP contribution is -2.17. The third-order valence-corrected chi connectivity index (χ3v) is 2.99. The number of aromatic nitrogens is 2. The third-order valence-electron chi connectivity index (χ3n) is 2.99. The van der Waals surface area contributed by atoms with Crippen molar-refractivity contribution in [1.82, 2.24) is 9.97 Å². The zero-order valence-electron chi connectivity index (χ0n) is 11.1. The van der Waals surface area contributed by atoms with Gasteiger partial charge in [0, 0.05) is 17.5 Å². The Hall–Kier alpha value is -2.50. The van der Waals surface area contributed by atoms with Gasteiger partial charge in [-0.15, -0.1) is 0 Å². The van der Waals surface area contributed by atoms with Gasteiger partial charge in [0.25, 0.3) is 0 Å². The van der Waals surface area contributed by atoms with Crippen molar-refractivity contribution in [2.24, 2.45) is 4.99 Å². The number of rotatable bonds is 6. The molecular weight excluding hydrogens is 256 g/mol. The van der Waals surface area contributed by atoms with Crippen LogP contribution in [0.3, 0.4) is 0 Å². The van der Waals surface area contributed by atoms with Crippen LogP contribution in [-0.4, -0.2) is 33.3 Å². The molecule has 2 rings (SSSR count). The number of nitrogens with zero attached hydrogens (tertiary/aromatic N) is 3. The molecule has 104 valence electrons. The number of fused-ring (bicyclic) bond motifs is 1. The highest BCUT2D eigenvalue weighted by molar-refractivity contribution is 6.06. The largest absolute Gasteiger partial charge is 0.480 e. The standard InChI is InChI=1S/C14H16N4O2/c1-3-10(15-4-2)14-17-11-7-5-6-9(11)13(18-14)16-8-12(19)20/h3-4H,1-2,5-8H2,(H,19,20)(H,16,17,18). The fourth-order valence-electron chi connectivity index (χ4n) is 2.15. The van der Waals surface area contributed by atoms with Crippen LogP contribution >= 0.6 is 0 Å². The molecule has 0 atom stereocenters. The average molecular weight is 272 g/mol. The molecule has 2 N–H and O–H groups in total. The number of carbonyl (C=O) groups is 1. The number of hydrogen-bond donors (Lipinski definition) is 2. The van der Waals surface area contributed by atoms with E-state index in [4.69, 9.17) is 5.11 Å². The molecule has 0 radical (unpaired) electrons. The molecule has 0 unspecified atom stereocenters. The summed E-state index contributed by atoms with van der Waals surface area (Å²) in [5.41, 5.74) is 2.46. The van der Waals surface area contributed by atoms with E-state index in [1.54, 1.807) is 6.08 Å². The number of nitrogens with one attached hydrogen (secondary N) is 1. The molecular formula is C14H16N4O2. The van der Waals surface area contributed by atoms with E-state index in [-0.39, 0.29) is 6.54 Å². The molecule has 0 aliphatic heterocycles. The number of aliphatic imine (C=N–C) groups is 1. The van der Waals surface area contributed by atoms with Crippen molar-refractivity contribution in [3.8, 4) is 0 Å². The Bertz CT molecular complexity index is 593. The van der Waals surface area contributed by atoms with Crippen LogP contribution in [0.25, 0.3) is 0 Å².